The predicted octanol–water partition coefficient (Wildman–Crippen LogP) is -3.08. The van der Waals surface area contributed by atoms with Gasteiger partial charge in [-0.25, -0.2) is 13.2 Å². The molecule has 8 heteroatoms. The third-order valence-electron chi connectivity index (χ3n) is 1.72. The first kappa shape index (κ1) is 15.6. The van der Waals surface area contributed by atoms with Gasteiger partial charge < -0.3 is 14.8 Å². The molecule has 0 heterocycles. The van der Waals surface area contributed by atoms with E-state index in [-0.39, 0.29) is 40.7 Å². The Bertz CT molecular complexity index is 466. The van der Waals surface area contributed by atoms with E-state index in [4.69, 9.17) is 10.2 Å². The number of aliphatic hydroxyl groups is 1. The Morgan fingerprint density at radius 3 is 2.00 bits per heavy atom. The summed E-state index contributed by atoms with van der Waals surface area (Å²) in [6, 6.07) is 4.35. The van der Waals surface area contributed by atoms with Crippen molar-refractivity contribution in [2.24, 2.45) is 0 Å². The quantitative estimate of drug-likeness (QED) is 0.437. The smallest absolute Gasteiger partial charge is 0.746 e. The molecule has 0 aliphatic carbocycles. The Labute approximate surface area is 114 Å². The second-order valence-electron chi connectivity index (χ2n) is 2.77. The van der Waals surface area contributed by atoms with Gasteiger partial charge in [0.05, 0.1) is 5.56 Å². The molecular weight excluding hydrogens is 247 g/mol. The molecule has 6 nitrogen and oxygen atoms in total. The van der Waals surface area contributed by atoms with Crippen molar-refractivity contribution >= 4 is 16.1 Å². The van der Waals surface area contributed by atoms with Gasteiger partial charge in [0.15, 0.2) is 5.44 Å². The number of carboxylic acids is 1. The van der Waals surface area contributed by atoms with Crippen LogP contribution < -0.4 is 29.6 Å². The fourth-order valence-electron chi connectivity index (χ4n) is 0.957. The van der Waals surface area contributed by atoms with Gasteiger partial charge in [-0.05, 0) is 17.7 Å². The third-order valence-corrected chi connectivity index (χ3v) is 2.54. The Balaban J connectivity index is 0.00000225. The van der Waals surface area contributed by atoms with Crippen LogP contribution in [-0.2, 0) is 10.1 Å². The van der Waals surface area contributed by atoms with E-state index >= 15 is 0 Å². The number of carbonyl (C=O) groups is 1. The number of hydrogen-bond donors (Lipinski definition) is 2. The van der Waals surface area contributed by atoms with E-state index in [1.807, 2.05) is 0 Å². The molecule has 0 aromatic heterocycles. The third kappa shape index (κ3) is 3.85. The predicted molar refractivity (Wildman–Crippen MR) is 48.1 cm³/mol. The van der Waals surface area contributed by atoms with Crippen molar-refractivity contribution in [2.75, 3.05) is 0 Å². The molecule has 0 radical (unpaired) electrons. The fourth-order valence-corrected chi connectivity index (χ4v) is 1.45. The normalized spacial score (nSPS) is 12.6. The van der Waals surface area contributed by atoms with Crippen molar-refractivity contribution in [2.45, 2.75) is 5.44 Å². The molecule has 0 saturated heterocycles. The SMILES string of the molecule is O=C(O)c1ccc(C(O)S(=O)(=O)[O-])cc1.[Na+]. The molecule has 1 unspecified atom stereocenters. The maximum Gasteiger partial charge on any atom is 1.00 e. The molecule has 0 saturated carbocycles. The molecule has 2 N–H and O–H groups in total. The Kier molecular flexibility index (Phi) is 5.60. The van der Waals surface area contributed by atoms with Gasteiger partial charge >= 0.3 is 35.5 Å². The molecule has 0 fully saturated rings. The van der Waals surface area contributed by atoms with E-state index in [0.717, 1.165) is 24.3 Å². The van der Waals surface area contributed by atoms with Crippen molar-refractivity contribution in [1.29, 1.82) is 0 Å². The second kappa shape index (κ2) is 5.76. The van der Waals surface area contributed by atoms with E-state index in [9.17, 15) is 17.8 Å². The summed E-state index contributed by atoms with van der Waals surface area (Å²) in [5.74, 6) is -1.18. The van der Waals surface area contributed by atoms with Crippen LogP contribution in [0.25, 0.3) is 0 Å². The average Bonchev–Trinajstić information content (AvgIpc) is 2.15. The van der Waals surface area contributed by atoms with Crippen LogP contribution in [-0.4, -0.2) is 29.2 Å². The van der Waals surface area contributed by atoms with Gasteiger partial charge in [0.2, 0.25) is 0 Å². The number of benzene rings is 1. The van der Waals surface area contributed by atoms with Crippen molar-refractivity contribution in [3.05, 3.63) is 35.4 Å². The number of rotatable bonds is 3. The minimum atomic E-state index is -4.83. The van der Waals surface area contributed by atoms with Gasteiger partial charge in [-0.2, -0.15) is 0 Å². The number of hydrogen-bond acceptors (Lipinski definition) is 5. The Morgan fingerprint density at radius 2 is 1.69 bits per heavy atom. The first-order valence-electron chi connectivity index (χ1n) is 3.78. The van der Waals surface area contributed by atoms with Gasteiger partial charge in [0.25, 0.3) is 0 Å². The summed E-state index contributed by atoms with van der Waals surface area (Å²) < 4.78 is 31.3. The zero-order valence-corrected chi connectivity index (χ0v) is 11.1. The van der Waals surface area contributed by atoms with Gasteiger partial charge in [0.1, 0.15) is 10.1 Å². The van der Waals surface area contributed by atoms with Crippen LogP contribution in [0.4, 0.5) is 0 Å². The van der Waals surface area contributed by atoms with Crippen LogP contribution in [0.2, 0.25) is 0 Å². The number of carboxylic acid groups (broad SMARTS) is 1. The van der Waals surface area contributed by atoms with Crippen LogP contribution in [0.1, 0.15) is 21.4 Å². The van der Waals surface area contributed by atoms with Crippen LogP contribution >= 0.6 is 0 Å². The molecule has 0 aliphatic heterocycles. The summed E-state index contributed by atoms with van der Waals surface area (Å²) in [4.78, 5) is 10.4. The number of aromatic carboxylic acids is 1. The molecule has 0 bridgehead atoms. The van der Waals surface area contributed by atoms with Crippen LogP contribution in [0.15, 0.2) is 24.3 Å². The Morgan fingerprint density at radius 1 is 1.25 bits per heavy atom. The standard InChI is InChI=1S/C8H8O6S.Na/c9-7(10)5-1-3-6(4-2-5)8(11)15(12,13)14;/h1-4,8,11H,(H,9,10)(H,12,13,14);/q;+1/p-1. The van der Waals surface area contributed by atoms with Gasteiger partial charge in [0, 0.05) is 0 Å². The van der Waals surface area contributed by atoms with E-state index < -0.39 is 21.5 Å². The van der Waals surface area contributed by atoms with Crippen molar-refractivity contribution in [3.8, 4) is 0 Å². The number of aliphatic hydroxyl groups excluding tert-OH is 1. The molecule has 0 aliphatic rings. The first-order valence-corrected chi connectivity index (χ1v) is 5.25. The second-order valence-corrected chi connectivity index (χ2v) is 4.20. The fraction of sp³-hybridized carbons (Fsp3) is 0.125. The molecule has 1 rings (SSSR count). The van der Waals surface area contributed by atoms with Gasteiger partial charge in [-0.3, -0.25) is 0 Å². The zero-order valence-electron chi connectivity index (χ0n) is 8.32. The molecule has 0 spiro atoms. The minimum absolute atomic E-state index is 0. The van der Waals surface area contributed by atoms with Crippen LogP contribution in [0.5, 0.6) is 0 Å². The molecule has 1 aromatic carbocycles. The van der Waals surface area contributed by atoms with E-state index in [1.165, 1.54) is 0 Å². The minimum Gasteiger partial charge on any atom is -0.746 e. The zero-order chi connectivity index (χ0) is 11.6. The van der Waals surface area contributed by atoms with E-state index in [2.05, 4.69) is 0 Å². The summed E-state index contributed by atoms with van der Waals surface area (Å²) in [7, 11) is -4.83. The summed E-state index contributed by atoms with van der Waals surface area (Å²) >= 11 is 0. The van der Waals surface area contributed by atoms with Gasteiger partial charge in [-0.15, -0.1) is 0 Å². The summed E-state index contributed by atoms with van der Waals surface area (Å²) in [5, 5.41) is 17.6. The average molecular weight is 254 g/mol. The largest absolute Gasteiger partial charge is 1.00 e. The van der Waals surface area contributed by atoms with Crippen LogP contribution in [0, 0.1) is 0 Å². The monoisotopic (exact) mass is 254 g/mol. The molecule has 0 amide bonds. The molecule has 1 atom stereocenters. The van der Waals surface area contributed by atoms with Crippen molar-refractivity contribution in [1.82, 2.24) is 0 Å². The molecule has 82 valence electrons. The van der Waals surface area contributed by atoms with Crippen LogP contribution in [0.3, 0.4) is 0 Å². The topological polar surface area (TPSA) is 115 Å². The summed E-state index contributed by atoms with van der Waals surface area (Å²) in [5.41, 5.74) is -2.38. The summed E-state index contributed by atoms with van der Waals surface area (Å²) in [6.45, 7) is 0. The van der Waals surface area contributed by atoms with E-state index in [1.54, 1.807) is 0 Å². The van der Waals surface area contributed by atoms with Gasteiger partial charge in [-0.1, -0.05) is 12.1 Å². The Hall–Kier alpha value is -0.440. The van der Waals surface area contributed by atoms with Crippen molar-refractivity contribution < 1.29 is 57.5 Å². The maximum atomic E-state index is 10.4. The molecule has 1 aromatic rings. The maximum absolute atomic E-state index is 10.4. The molecule has 16 heavy (non-hydrogen) atoms. The van der Waals surface area contributed by atoms with E-state index in [0.29, 0.717) is 0 Å². The molecular formula is C8H7NaO6S. The first-order chi connectivity index (χ1) is 6.82. The summed E-state index contributed by atoms with van der Waals surface area (Å²) in [6.07, 6.45) is 0. The van der Waals surface area contributed by atoms with Crippen molar-refractivity contribution in [3.63, 3.8) is 0 Å².